The standard InChI is InChI=1S/C11H17NO/c1-9-5-6-11(12-2)10(8-9)4-3-7-13/h5-6,8,12-13H,3-4,7H2,1-2H3. The molecule has 1 rings (SSSR count). The number of hydrogen-bond donors (Lipinski definition) is 2. The first-order chi connectivity index (χ1) is 6.27. The van der Waals surface area contributed by atoms with Crippen molar-refractivity contribution in [2.24, 2.45) is 0 Å². The fourth-order valence-electron chi connectivity index (χ4n) is 1.44. The first-order valence-corrected chi connectivity index (χ1v) is 4.66. The van der Waals surface area contributed by atoms with Crippen molar-refractivity contribution in [3.8, 4) is 0 Å². The van der Waals surface area contributed by atoms with Crippen LogP contribution in [-0.2, 0) is 6.42 Å². The first kappa shape index (κ1) is 10.1. The molecule has 0 bridgehead atoms. The minimum Gasteiger partial charge on any atom is -0.396 e. The van der Waals surface area contributed by atoms with E-state index in [9.17, 15) is 0 Å². The lowest BCUT2D eigenvalue weighted by molar-refractivity contribution is 0.288. The number of aliphatic hydroxyl groups is 1. The number of aliphatic hydroxyl groups excluding tert-OH is 1. The topological polar surface area (TPSA) is 32.3 Å². The van der Waals surface area contributed by atoms with Gasteiger partial charge in [-0.05, 0) is 31.4 Å². The number of aryl methyl sites for hydroxylation is 2. The Kier molecular flexibility index (Phi) is 3.77. The lowest BCUT2D eigenvalue weighted by Gasteiger charge is -2.09. The molecule has 0 aromatic heterocycles. The fourth-order valence-corrected chi connectivity index (χ4v) is 1.44. The molecule has 72 valence electrons. The summed E-state index contributed by atoms with van der Waals surface area (Å²) >= 11 is 0. The van der Waals surface area contributed by atoms with Crippen molar-refractivity contribution in [3.63, 3.8) is 0 Å². The molecule has 0 amide bonds. The Morgan fingerprint density at radius 2 is 2.15 bits per heavy atom. The van der Waals surface area contributed by atoms with E-state index < -0.39 is 0 Å². The molecule has 0 heterocycles. The maximum Gasteiger partial charge on any atom is 0.0434 e. The van der Waals surface area contributed by atoms with Gasteiger partial charge in [0.05, 0.1) is 0 Å². The second-order valence-electron chi connectivity index (χ2n) is 3.24. The van der Waals surface area contributed by atoms with Gasteiger partial charge in [-0.1, -0.05) is 17.7 Å². The summed E-state index contributed by atoms with van der Waals surface area (Å²) < 4.78 is 0. The molecular formula is C11H17NO. The normalized spacial score (nSPS) is 10.1. The van der Waals surface area contributed by atoms with E-state index in [1.165, 1.54) is 16.8 Å². The molecular weight excluding hydrogens is 162 g/mol. The van der Waals surface area contributed by atoms with Gasteiger partial charge in [0.15, 0.2) is 0 Å². The van der Waals surface area contributed by atoms with Gasteiger partial charge in [0.2, 0.25) is 0 Å². The number of rotatable bonds is 4. The molecule has 0 radical (unpaired) electrons. The Labute approximate surface area is 79.6 Å². The van der Waals surface area contributed by atoms with Gasteiger partial charge in [0, 0.05) is 19.3 Å². The van der Waals surface area contributed by atoms with Gasteiger partial charge in [-0.15, -0.1) is 0 Å². The molecule has 1 aromatic rings. The van der Waals surface area contributed by atoms with Crippen LogP contribution in [-0.4, -0.2) is 18.8 Å². The van der Waals surface area contributed by atoms with E-state index in [-0.39, 0.29) is 6.61 Å². The van der Waals surface area contributed by atoms with Crippen molar-refractivity contribution >= 4 is 5.69 Å². The SMILES string of the molecule is CNc1ccc(C)cc1CCCO. The molecule has 0 aliphatic heterocycles. The Morgan fingerprint density at radius 3 is 2.77 bits per heavy atom. The molecule has 0 atom stereocenters. The van der Waals surface area contributed by atoms with Crippen molar-refractivity contribution in [1.82, 2.24) is 0 Å². The van der Waals surface area contributed by atoms with Crippen LogP contribution in [0, 0.1) is 6.92 Å². The monoisotopic (exact) mass is 179 g/mol. The van der Waals surface area contributed by atoms with Crippen molar-refractivity contribution in [2.75, 3.05) is 19.0 Å². The number of anilines is 1. The minimum atomic E-state index is 0.261. The lowest BCUT2D eigenvalue weighted by atomic mass is 10.0. The fraction of sp³-hybridized carbons (Fsp3) is 0.455. The maximum atomic E-state index is 8.74. The molecule has 0 spiro atoms. The molecule has 0 saturated carbocycles. The second kappa shape index (κ2) is 4.87. The van der Waals surface area contributed by atoms with Crippen LogP contribution in [0.5, 0.6) is 0 Å². The van der Waals surface area contributed by atoms with Crippen LogP contribution < -0.4 is 5.32 Å². The van der Waals surface area contributed by atoms with E-state index in [4.69, 9.17) is 5.11 Å². The molecule has 0 saturated heterocycles. The number of benzene rings is 1. The van der Waals surface area contributed by atoms with E-state index in [0.29, 0.717) is 0 Å². The van der Waals surface area contributed by atoms with E-state index in [1.54, 1.807) is 0 Å². The van der Waals surface area contributed by atoms with Crippen LogP contribution in [0.15, 0.2) is 18.2 Å². The molecule has 13 heavy (non-hydrogen) atoms. The number of nitrogens with one attached hydrogen (secondary N) is 1. The van der Waals surface area contributed by atoms with Gasteiger partial charge in [-0.25, -0.2) is 0 Å². The van der Waals surface area contributed by atoms with Crippen LogP contribution >= 0.6 is 0 Å². The molecule has 0 unspecified atom stereocenters. The number of hydrogen-bond acceptors (Lipinski definition) is 2. The van der Waals surface area contributed by atoms with Crippen LogP contribution in [0.4, 0.5) is 5.69 Å². The summed E-state index contributed by atoms with van der Waals surface area (Å²) in [5.74, 6) is 0. The van der Waals surface area contributed by atoms with Gasteiger partial charge < -0.3 is 10.4 Å². The zero-order valence-electron chi connectivity index (χ0n) is 8.30. The van der Waals surface area contributed by atoms with Crippen molar-refractivity contribution in [2.45, 2.75) is 19.8 Å². The summed E-state index contributed by atoms with van der Waals surface area (Å²) in [6.07, 6.45) is 1.77. The average Bonchev–Trinajstić information content (AvgIpc) is 2.15. The van der Waals surface area contributed by atoms with Crippen molar-refractivity contribution in [1.29, 1.82) is 0 Å². The summed E-state index contributed by atoms with van der Waals surface area (Å²) in [4.78, 5) is 0. The Hall–Kier alpha value is -1.02. The Morgan fingerprint density at radius 1 is 1.38 bits per heavy atom. The van der Waals surface area contributed by atoms with Gasteiger partial charge in [0.1, 0.15) is 0 Å². The van der Waals surface area contributed by atoms with Crippen molar-refractivity contribution in [3.05, 3.63) is 29.3 Å². The molecule has 0 aliphatic rings. The Balaban J connectivity index is 2.81. The van der Waals surface area contributed by atoms with Gasteiger partial charge in [-0.2, -0.15) is 0 Å². The summed E-state index contributed by atoms with van der Waals surface area (Å²) in [7, 11) is 1.92. The van der Waals surface area contributed by atoms with E-state index in [2.05, 4.69) is 30.4 Å². The highest BCUT2D eigenvalue weighted by atomic mass is 16.2. The van der Waals surface area contributed by atoms with Gasteiger partial charge in [0.25, 0.3) is 0 Å². The average molecular weight is 179 g/mol. The first-order valence-electron chi connectivity index (χ1n) is 4.66. The summed E-state index contributed by atoms with van der Waals surface area (Å²) in [6.45, 7) is 2.35. The van der Waals surface area contributed by atoms with Crippen LogP contribution in [0.2, 0.25) is 0 Å². The molecule has 0 fully saturated rings. The largest absolute Gasteiger partial charge is 0.396 e. The second-order valence-corrected chi connectivity index (χ2v) is 3.24. The molecule has 0 aliphatic carbocycles. The molecule has 2 heteroatoms. The lowest BCUT2D eigenvalue weighted by Crippen LogP contribution is -1.97. The quantitative estimate of drug-likeness (QED) is 0.740. The molecule has 1 aromatic carbocycles. The zero-order valence-corrected chi connectivity index (χ0v) is 8.30. The third-order valence-corrected chi connectivity index (χ3v) is 2.13. The molecule has 2 N–H and O–H groups in total. The van der Waals surface area contributed by atoms with Gasteiger partial charge in [-0.3, -0.25) is 0 Å². The summed E-state index contributed by atoms with van der Waals surface area (Å²) in [6, 6.07) is 6.35. The third kappa shape index (κ3) is 2.74. The maximum absolute atomic E-state index is 8.74. The predicted molar refractivity (Wildman–Crippen MR) is 56.1 cm³/mol. The van der Waals surface area contributed by atoms with E-state index >= 15 is 0 Å². The Bertz CT molecular complexity index is 271. The zero-order chi connectivity index (χ0) is 9.68. The highest BCUT2D eigenvalue weighted by molar-refractivity contribution is 5.52. The highest BCUT2D eigenvalue weighted by Gasteiger charge is 2.00. The third-order valence-electron chi connectivity index (χ3n) is 2.13. The highest BCUT2D eigenvalue weighted by Crippen LogP contribution is 2.18. The predicted octanol–water partition coefficient (Wildman–Crippen LogP) is 1.96. The van der Waals surface area contributed by atoms with E-state index in [0.717, 1.165) is 12.8 Å². The summed E-state index contributed by atoms with van der Waals surface area (Å²) in [5.41, 5.74) is 3.72. The smallest absolute Gasteiger partial charge is 0.0434 e. The minimum absolute atomic E-state index is 0.261. The van der Waals surface area contributed by atoms with Crippen LogP contribution in [0.3, 0.4) is 0 Å². The van der Waals surface area contributed by atoms with Crippen LogP contribution in [0.1, 0.15) is 17.5 Å². The summed E-state index contributed by atoms with van der Waals surface area (Å²) in [5, 5.41) is 11.9. The molecule has 2 nitrogen and oxygen atoms in total. The van der Waals surface area contributed by atoms with Crippen LogP contribution in [0.25, 0.3) is 0 Å². The van der Waals surface area contributed by atoms with Crippen molar-refractivity contribution < 1.29 is 5.11 Å². The van der Waals surface area contributed by atoms with Gasteiger partial charge >= 0.3 is 0 Å². The van der Waals surface area contributed by atoms with E-state index in [1.807, 2.05) is 7.05 Å².